The van der Waals surface area contributed by atoms with Crippen LogP contribution in [-0.4, -0.2) is 35.2 Å². The Labute approximate surface area is 184 Å². The van der Waals surface area contributed by atoms with Crippen molar-refractivity contribution in [3.8, 4) is 11.1 Å². The highest BCUT2D eigenvalue weighted by atomic mass is 19.3. The number of amides is 1. The summed E-state index contributed by atoms with van der Waals surface area (Å²) in [4.78, 5) is 15.0. The lowest BCUT2D eigenvalue weighted by molar-refractivity contribution is -0.726. The summed E-state index contributed by atoms with van der Waals surface area (Å²) in [5.41, 5.74) is 1.84. The maximum absolute atomic E-state index is 15.6. The molecule has 5 heterocycles. The zero-order valence-corrected chi connectivity index (χ0v) is 17.5. The van der Waals surface area contributed by atoms with Gasteiger partial charge in [-0.25, -0.2) is 10.3 Å². The molecule has 0 bridgehead atoms. The van der Waals surface area contributed by atoms with E-state index in [4.69, 9.17) is 0 Å². The van der Waals surface area contributed by atoms with Crippen LogP contribution in [0.2, 0.25) is 0 Å². The number of anilines is 1. The Kier molecular flexibility index (Phi) is 4.06. The number of halogens is 2. The first-order valence-electron chi connectivity index (χ1n) is 10.4. The number of carbonyl (C=O) groups excluding carboxylic acids is 1. The van der Waals surface area contributed by atoms with E-state index in [2.05, 4.69) is 30.7 Å². The monoisotopic (exact) mass is 451 g/mol. The van der Waals surface area contributed by atoms with Crippen molar-refractivity contribution >= 4 is 23.0 Å². The first-order valence-corrected chi connectivity index (χ1v) is 10.4. The van der Waals surface area contributed by atoms with Crippen molar-refractivity contribution in [2.24, 2.45) is 13.0 Å². The topological polar surface area (TPSA) is 110 Å². The molecule has 5 aromatic heterocycles. The van der Waals surface area contributed by atoms with Crippen molar-refractivity contribution in [1.29, 1.82) is 0 Å². The maximum Gasteiger partial charge on any atom is 0.351 e. The Morgan fingerprint density at radius 2 is 2.06 bits per heavy atom. The third kappa shape index (κ3) is 3.30. The van der Waals surface area contributed by atoms with E-state index in [0.717, 1.165) is 24.0 Å². The number of imidazole rings is 1. The zero-order chi connectivity index (χ0) is 22.7. The molecule has 1 saturated carbocycles. The van der Waals surface area contributed by atoms with E-state index in [1.165, 1.54) is 27.2 Å². The van der Waals surface area contributed by atoms with Crippen LogP contribution in [0.4, 0.5) is 14.6 Å². The van der Waals surface area contributed by atoms with Gasteiger partial charge < -0.3 is 0 Å². The number of alkyl halides is 2. The number of nitrogens with one attached hydrogen (secondary N) is 3. The summed E-state index contributed by atoms with van der Waals surface area (Å²) in [6.07, 6.45) is 8.41. The minimum Gasteiger partial charge on any atom is -0.280 e. The minimum absolute atomic E-state index is 0.0224. The lowest BCUT2D eigenvalue weighted by atomic mass is 10.1. The van der Waals surface area contributed by atoms with E-state index in [1.807, 2.05) is 13.2 Å². The van der Waals surface area contributed by atoms with E-state index in [-0.39, 0.29) is 11.8 Å². The molecular weight excluding hydrogens is 432 g/mol. The number of aryl methyl sites for hydroxylation is 1. The highest BCUT2D eigenvalue weighted by Gasteiger charge is 2.42. The lowest BCUT2D eigenvalue weighted by Crippen LogP contribution is -2.27. The average Bonchev–Trinajstić information content (AvgIpc) is 3.22. The molecule has 10 nitrogen and oxygen atoms in total. The first-order chi connectivity index (χ1) is 15.9. The Morgan fingerprint density at radius 1 is 1.21 bits per heavy atom. The molecule has 3 N–H and O–H groups in total. The fourth-order valence-corrected chi connectivity index (χ4v) is 3.74. The second-order valence-corrected chi connectivity index (χ2v) is 8.19. The zero-order valence-electron chi connectivity index (χ0n) is 17.5. The van der Waals surface area contributed by atoms with Gasteiger partial charge in [-0.15, -0.1) is 24.5 Å². The predicted molar refractivity (Wildman–Crippen MR) is 110 cm³/mol. The Hall–Kier alpha value is -4.22. The van der Waals surface area contributed by atoms with Crippen LogP contribution < -0.4 is 15.0 Å². The summed E-state index contributed by atoms with van der Waals surface area (Å²) in [6.45, 7) is 0. The fraction of sp³-hybridized carbons (Fsp3) is 0.238. The number of fused-ring (bicyclic) bond motifs is 2. The third-order valence-electron chi connectivity index (χ3n) is 5.68. The van der Waals surface area contributed by atoms with Crippen molar-refractivity contribution in [3.63, 3.8) is 0 Å². The van der Waals surface area contributed by atoms with Crippen LogP contribution in [-0.2, 0) is 17.8 Å². The van der Waals surface area contributed by atoms with Crippen LogP contribution in [0.25, 0.3) is 22.4 Å². The fourth-order valence-electron chi connectivity index (χ4n) is 3.74. The van der Waals surface area contributed by atoms with E-state index >= 15 is 8.78 Å². The van der Waals surface area contributed by atoms with Crippen molar-refractivity contribution in [2.75, 3.05) is 5.32 Å². The van der Waals surface area contributed by atoms with Crippen LogP contribution in [0.1, 0.15) is 24.4 Å². The molecule has 0 unspecified atom stereocenters. The van der Waals surface area contributed by atoms with E-state index < -0.39 is 17.4 Å². The normalized spacial score (nSPS) is 14.3. The van der Waals surface area contributed by atoms with Gasteiger partial charge in [0.05, 0.1) is 17.7 Å². The van der Waals surface area contributed by atoms with Gasteiger partial charge in [-0.1, -0.05) is 0 Å². The van der Waals surface area contributed by atoms with Crippen LogP contribution in [0.5, 0.6) is 0 Å². The molecule has 0 spiro atoms. The van der Waals surface area contributed by atoms with Gasteiger partial charge in [0.1, 0.15) is 0 Å². The number of aromatic amines is 2. The Bertz CT molecular complexity index is 1530. The quantitative estimate of drug-likeness (QED) is 0.395. The number of H-pyrrole nitrogens is 2. The summed E-state index contributed by atoms with van der Waals surface area (Å²) in [5.74, 6) is -3.72. The summed E-state index contributed by atoms with van der Waals surface area (Å²) < 4.78 is 35.4. The Morgan fingerprint density at radius 3 is 2.82 bits per heavy atom. The summed E-state index contributed by atoms with van der Waals surface area (Å²) >= 11 is 0. The molecule has 0 aromatic carbocycles. The van der Waals surface area contributed by atoms with Gasteiger partial charge in [-0.2, -0.15) is 13.9 Å². The van der Waals surface area contributed by atoms with Crippen molar-refractivity contribution in [2.45, 2.75) is 18.8 Å². The largest absolute Gasteiger partial charge is 0.351 e. The van der Waals surface area contributed by atoms with Gasteiger partial charge in [0.15, 0.2) is 24.6 Å². The standard InChI is InChI=1S/C21H17F2N9O/c1-30-9-14(8-24-30)13-4-6-18-27-28-20(31(18)10-13)21(22,23)15-5-7-17-25-16(11-32(17)29-15)26-19(33)12-2-3-12/h4-12H,2-3H2,1H3,(H,26,33)/p+2. The maximum atomic E-state index is 15.6. The number of aromatic nitrogens is 8. The van der Waals surface area contributed by atoms with Gasteiger partial charge in [-0.05, 0) is 31.0 Å². The molecule has 0 atom stereocenters. The molecule has 5 aromatic rings. The van der Waals surface area contributed by atoms with Crippen molar-refractivity contribution in [1.82, 2.24) is 29.3 Å². The number of pyridine rings is 1. The second kappa shape index (κ2) is 6.89. The van der Waals surface area contributed by atoms with Crippen LogP contribution in [0.15, 0.2) is 49.1 Å². The lowest BCUT2D eigenvalue weighted by Gasteiger charge is -2.13. The molecule has 0 saturated heterocycles. The number of hydrogen-bond donors (Lipinski definition) is 2. The number of hydrogen-bond acceptors (Lipinski definition) is 4. The van der Waals surface area contributed by atoms with Gasteiger partial charge in [0.25, 0.3) is 11.7 Å². The average molecular weight is 451 g/mol. The molecule has 1 fully saturated rings. The van der Waals surface area contributed by atoms with Crippen molar-refractivity contribution in [3.05, 3.63) is 60.6 Å². The van der Waals surface area contributed by atoms with E-state index in [0.29, 0.717) is 17.1 Å². The highest BCUT2D eigenvalue weighted by molar-refractivity contribution is 5.92. The first kappa shape index (κ1) is 19.5. The van der Waals surface area contributed by atoms with E-state index in [9.17, 15) is 4.79 Å². The van der Waals surface area contributed by atoms with E-state index in [1.54, 1.807) is 29.2 Å². The molecule has 166 valence electrons. The minimum atomic E-state index is -3.52. The van der Waals surface area contributed by atoms with Gasteiger partial charge >= 0.3 is 5.92 Å². The van der Waals surface area contributed by atoms with Gasteiger partial charge in [0.2, 0.25) is 17.7 Å². The molecular formula is C21H19F2N9O+2. The smallest absolute Gasteiger partial charge is 0.280 e. The molecule has 0 radical (unpaired) electrons. The summed E-state index contributed by atoms with van der Waals surface area (Å²) in [5, 5.41) is 17.5. The third-order valence-corrected chi connectivity index (χ3v) is 5.68. The predicted octanol–water partition coefficient (Wildman–Crippen LogP) is 1.50. The molecule has 12 heteroatoms. The second-order valence-electron chi connectivity index (χ2n) is 8.19. The van der Waals surface area contributed by atoms with Crippen LogP contribution in [0.3, 0.4) is 0 Å². The number of nitrogens with zero attached hydrogens (tertiary/aromatic N) is 6. The molecule has 1 aliphatic carbocycles. The van der Waals surface area contributed by atoms with Gasteiger partial charge in [0, 0.05) is 17.8 Å². The van der Waals surface area contributed by atoms with Gasteiger partial charge in [-0.3, -0.25) is 9.20 Å². The molecule has 0 aliphatic heterocycles. The molecule has 33 heavy (non-hydrogen) atoms. The summed E-state index contributed by atoms with van der Waals surface area (Å²) in [7, 11) is 1.84. The van der Waals surface area contributed by atoms with Crippen molar-refractivity contribution < 1.29 is 23.2 Å². The SMILES string of the molecule is C[n+]1cc(-c2ccc3nnc(C(F)(F)c4ccc5[nH+]c(NC(=O)C6CC6)cn5n4)n3c2)c[nH]1. The van der Waals surface area contributed by atoms with Crippen LogP contribution in [0, 0.1) is 5.92 Å². The molecule has 1 amide bonds. The molecule has 1 aliphatic rings. The summed E-state index contributed by atoms with van der Waals surface area (Å²) in [6, 6.07) is 6.15. The number of rotatable bonds is 5. The van der Waals surface area contributed by atoms with Crippen LogP contribution >= 0.6 is 0 Å². The molecule has 6 rings (SSSR count). The number of carbonyl (C=O) groups is 1. The Balaban J connectivity index is 1.38. The highest BCUT2D eigenvalue weighted by Crippen LogP contribution is 2.34.